The van der Waals surface area contributed by atoms with Gasteiger partial charge in [-0.2, -0.15) is 5.10 Å². The standard InChI is InChI=1S/C24H25N5OS/c1-18-20(17-29(27-18)21-10-4-3-5-11-21)9-7-13-25-23(30)19-8-6-12-22(16-19)28-15-14-26-24(28)31-2/h3-6,8,10-12,14-17H,7,9,13H2,1-2H3,(H,25,30). The van der Waals surface area contributed by atoms with Crippen LogP contribution in [0.1, 0.15) is 28.0 Å². The van der Waals surface area contributed by atoms with Crippen molar-refractivity contribution in [2.45, 2.75) is 24.9 Å². The summed E-state index contributed by atoms with van der Waals surface area (Å²) in [5.74, 6) is -0.0654. The fourth-order valence-corrected chi connectivity index (χ4v) is 4.00. The number of aryl methyl sites for hydroxylation is 2. The molecular formula is C24H25N5OS. The largest absolute Gasteiger partial charge is 0.352 e. The van der Waals surface area contributed by atoms with E-state index in [9.17, 15) is 4.79 Å². The molecule has 0 aliphatic heterocycles. The van der Waals surface area contributed by atoms with Gasteiger partial charge >= 0.3 is 0 Å². The van der Waals surface area contributed by atoms with Crippen molar-refractivity contribution in [2.75, 3.05) is 12.8 Å². The number of hydrogen-bond donors (Lipinski definition) is 1. The predicted molar refractivity (Wildman–Crippen MR) is 124 cm³/mol. The van der Waals surface area contributed by atoms with Gasteiger partial charge < -0.3 is 5.32 Å². The van der Waals surface area contributed by atoms with Crippen molar-refractivity contribution in [3.63, 3.8) is 0 Å². The van der Waals surface area contributed by atoms with Crippen LogP contribution in [0.4, 0.5) is 0 Å². The van der Waals surface area contributed by atoms with Crippen LogP contribution in [-0.2, 0) is 6.42 Å². The summed E-state index contributed by atoms with van der Waals surface area (Å²) in [7, 11) is 0. The van der Waals surface area contributed by atoms with Crippen LogP contribution < -0.4 is 5.32 Å². The summed E-state index contributed by atoms with van der Waals surface area (Å²) in [6, 6.07) is 17.7. The van der Waals surface area contributed by atoms with E-state index in [1.165, 1.54) is 5.56 Å². The molecule has 2 aromatic heterocycles. The molecule has 0 unspecified atom stereocenters. The van der Waals surface area contributed by atoms with Crippen LogP contribution >= 0.6 is 11.8 Å². The number of nitrogens with zero attached hydrogens (tertiary/aromatic N) is 4. The van der Waals surface area contributed by atoms with Gasteiger partial charge in [0.2, 0.25) is 0 Å². The van der Waals surface area contributed by atoms with Gasteiger partial charge in [0.1, 0.15) is 0 Å². The highest BCUT2D eigenvalue weighted by Gasteiger charge is 2.10. The number of benzene rings is 2. The van der Waals surface area contributed by atoms with Crippen molar-refractivity contribution in [2.24, 2.45) is 0 Å². The highest BCUT2D eigenvalue weighted by Crippen LogP contribution is 2.19. The Morgan fingerprint density at radius 2 is 1.90 bits per heavy atom. The van der Waals surface area contributed by atoms with Gasteiger partial charge in [0.05, 0.1) is 11.4 Å². The summed E-state index contributed by atoms with van der Waals surface area (Å²) in [4.78, 5) is 17.0. The lowest BCUT2D eigenvalue weighted by Gasteiger charge is -2.09. The summed E-state index contributed by atoms with van der Waals surface area (Å²) in [5.41, 5.74) is 4.84. The van der Waals surface area contributed by atoms with E-state index < -0.39 is 0 Å². The second kappa shape index (κ2) is 9.66. The Labute approximate surface area is 186 Å². The molecule has 4 rings (SSSR count). The molecule has 1 amide bonds. The zero-order valence-corrected chi connectivity index (χ0v) is 18.5. The lowest BCUT2D eigenvalue weighted by Crippen LogP contribution is -2.24. The topological polar surface area (TPSA) is 64.7 Å². The van der Waals surface area contributed by atoms with Gasteiger partial charge in [-0.25, -0.2) is 9.67 Å². The first kappa shape index (κ1) is 20.9. The third kappa shape index (κ3) is 4.88. The first-order valence-corrected chi connectivity index (χ1v) is 11.4. The van der Waals surface area contributed by atoms with Crippen LogP contribution in [0.25, 0.3) is 11.4 Å². The van der Waals surface area contributed by atoms with E-state index in [0.717, 1.165) is 35.1 Å². The number of nitrogens with one attached hydrogen (secondary N) is 1. The molecule has 0 aliphatic rings. The number of aromatic nitrogens is 4. The first-order valence-electron chi connectivity index (χ1n) is 10.2. The fraction of sp³-hybridized carbons (Fsp3) is 0.208. The Morgan fingerprint density at radius 3 is 2.71 bits per heavy atom. The summed E-state index contributed by atoms with van der Waals surface area (Å²) < 4.78 is 3.89. The van der Waals surface area contributed by atoms with Crippen molar-refractivity contribution in [1.29, 1.82) is 0 Å². The normalized spacial score (nSPS) is 10.9. The minimum absolute atomic E-state index is 0.0654. The van der Waals surface area contributed by atoms with E-state index >= 15 is 0 Å². The van der Waals surface area contributed by atoms with E-state index in [-0.39, 0.29) is 5.91 Å². The van der Waals surface area contributed by atoms with Crippen molar-refractivity contribution < 1.29 is 4.79 Å². The molecule has 0 spiro atoms. The van der Waals surface area contributed by atoms with Gasteiger partial charge in [-0.1, -0.05) is 36.0 Å². The molecule has 0 aliphatic carbocycles. The maximum Gasteiger partial charge on any atom is 0.251 e. The molecule has 2 aromatic carbocycles. The zero-order valence-electron chi connectivity index (χ0n) is 17.7. The van der Waals surface area contributed by atoms with E-state index in [1.54, 1.807) is 18.0 Å². The summed E-state index contributed by atoms with van der Waals surface area (Å²) in [6.45, 7) is 2.64. The van der Waals surface area contributed by atoms with Crippen LogP contribution in [0.15, 0.2) is 78.3 Å². The van der Waals surface area contributed by atoms with Crippen molar-refractivity contribution >= 4 is 17.7 Å². The van der Waals surface area contributed by atoms with Crippen molar-refractivity contribution in [1.82, 2.24) is 24.6 Å². The van der Waals surface area contributed by atoms with E-state index in [0.29, 0.717) is 12.1 Å². The molecule has 0 saturated carbocycles. The van der Waals surface area contributed by atoms with Crippen molar-refractivity contribution in [3.8, 4) is 11.4 Å². The van der Waals surface area contributed by atoms with Crippen LogP contribution in [0.3, 0.4) is 0 Å². The molecule has 2 heterocycles. The minimum atomic E-state index is -0.0654. The van der Waals surface area contributed by atoms with Crippen LogP contribution in [-0.4, -0.2) is 38.0 Å². The molecule has 158 valence electrons. The van der Waals surface area contributed by atoms with Gasteiger partial charge in [-0.15, -0.1) is 0 Å². The Bertz CT molecular complexity index is 1170. The molecule has 4 aromatic rings. The number of para-hydroxylation sites is 1. The quantitative estimate of drug-likeness (QED) is 0.331. The van der Waals surface area contributed by atoms with Crippen LogP contribution in [0.5, 0.6) is 0 Å². The third-order valence-corrected chi connectivity index (χ3v) is 5.77. The van der Waals surface area contributed by atoms with Gasteiger partial charge in [0.25, 0.3) is 5.91 Å². The maximum atomic E-state index is 12.6. The second-order valence-electron chi connectivity index (χ2n) is 7.21. The Kier molecular flexibility index (Phi) is 6.52. The molecule has 0 saturated heterocycles. The number of carbonyl (C=O) groups is 1. The number of rotatable bonds is 8. The molecule has 0 radical (unpaired) electrons. The Hall–Kier alpha value is -3.32. The summed E-state index contributed by atoms with van der Waals surface area (Å²) in [6.07, 6.45) is 9.45. The summed E-state index contributed by atoms with van der Waals surface area (Å²) >= 11 is 1.57. The molecule has 6 nitrogen and oxygen atoms in total. The zero-order chi connectivity index (χ0) is 21.6. The number of amides is 1. The SMILES string of the molecule is CSc1nccn1-c1cccc(C(=O)NCCCc2cn(-c3ccccc3)nc2C)c1. The fourth-order valence-electron chi connectivity index (χ4n) is 3.47. The van der Waals surface area contributed by atoms with Crippen LogP contribution in [0, 0.1) is 6.92 Å². The number of imidazole rings is 1. The minimum Gasteiger partial charge on any atom is -0.352 e. The third-order valence-electron chi connectivity index (χ3n) is 5.11. The molecule has 1 N–H and O–H groups in total. The monoisotopic (exact) mass is 431 g/mol. The highest BCUT2D eigenvalue weighted by atomic mass is 32.2. The predicted octanol–water partition coefficient (Wildman–Crippen LogP) is 4.45. The molecule has 0 fully saturated rings. The van der Waals surface area contributed by atoms with Gasteiger partial charge in [0, 0.05) is 36.4 Å². The van der Waals surface area contributed by atoms with E-state index in [2.05, 4.69) is 21.6 Å². The number of carbonyl (C=O) groups excluding carboxylic acids is 1. The smallest absolute Gasteiger partial charge is 0.251 e. The molecular weight excluding hydrogens is 406 g/mol. The van der Waals surface area contributed by atoms with Gasteiger partial charge in [-0.3, -0.25) is 9.36 Å². The van der Waals surface area contributed by atoms with E-state index in [4.69, 9.17) is 0 Å². The summed E-state index contributed by atoms with van der Waals surface area (Å²) in [5, 5.41) is 8.54. The average molecular weight is 432 g/mol. The number of hydrogen-bond acceptors (Lipinski definition) is 4. The van der Waals surface area contributed by atoms with Crippen LogP contribution in [0.2, 0.25) is 0 Å². The lowest BCUT2D eigenvalue weighted by atomic mass is 10.1. The maximum absolute atomic E-state index is 12.6. The molecule has 0 bridgehead atoms. The Morgan fingerprint density at radius 1 is 1.10 bits per heavy atom. The molecule has 7 heteroatoms. The Balaban J connectivity index is 1.33. The van der Waals surface area contributed by atoms with E-state index in [1.807, 2.05) is 83.2 Å². The second-order valence-corrected chi connectivity index (χ2v) is 7.99. The molecule has 31 heavy (non-hydrogen) atoms. The van der Waals surface area contributed by atoms with Crippen molar-refractivity contribution in [3.05, 3.63) is 90.0 Å². The lowest BCUT2D eigenvalue weighted by molar-refractivity contribution is 0.0953. The van der Waals surface area contributed by atoms with Gasteiger partial charge in [-0.05, 0) is 61.9 Å². The average Bonchev–Trinajstić information content (AvgIpc) is 3.44. The van der Waals surface area contributed by atoms with Gasteiger partial charge in [0.15, 0.2) is 5.16 Å². The first-order chi connectivity index (χ1) is 15.2. The highest BCUT2D eigenvalue weighted by molar-refractivity contribution is 7.98. The molecule has 0 atom stereocenters. The number of thioether (sulfide) groups is 1.